The Bertz CT molecular complexity index is 1450. The molecule has 1 fully saturated rings. The number of hydrogen-bond acceptors (Lipinski definition) is 8. The lowest BCUT2D eigenvalue weighted by Gasteiger charge is -2.38. The Morgan fingerprint density at radius 3 is 2.48 bits per heavy atom. The van der Waals surface area contributed by atoms with Gasteiger partial charge in [-0.2, -0.15) is 0 Å². The van der Waals surface area contributed by atoms with E-state index in [0.29, 0.717) is 36.3 Å². The zero-order chi connectivity index (χ0) is 29.5. The monoisotopic (exact) mass is 569 g/mol. The predicted octanol–water partition coefficient (Wildman–Crippen LogP) is 4.74. The average Bonchev–Trinajstić information content (AvgIpc) is 3.01. The van der Waals surface area contributed by atoms with E-state index in [1.54, 1.807) is 42.6 Å². The Morgan fingerprint density at radius 1 is 1.02 bits per heavy atom. The van der Waals surface area contributed by atoms with Crippen LogP contribution in [0, 0.1) is 0 Å². The Labute approximate surface area is 245 Å². The molecule has 5 rings (SSSR count). The van der Waals surface area contributed by atoms with Gasteiger partial charge in [-0.05, 0) is 60.1 Å². The standard InChI is InChI=1S/C33H35N3O6/c1-36(20-30(39)25-4-2-6-28(38)16-25)19-29-17-31(23-9-7-22(21-37)8-10-23)42-33(41-29)24-11-13-27(14-12-24)35-32(40)26-5-3-15-34-18-26/h2-16,18,29-31,33,37-39H,17,19-21H2,1H3,(H,35,40)/t29-,30+,31+,33+/m0/s1. The van der Waals surface area contributed by atoms with Crippen LogP contribution in [-0.2, 0) is 16.1 Å². The van der Waals surface area contributed by atoms with Crippen molar-refractivity contribution in [1.29, 1.82) is 0 Å². The van der Waals surface area contributed by atoms with Crippen molar-refractivity contribution in [2.45, 2.75) is 37.6 Å². The van der Waals surface area contributed by atoms with Crippen molar-refractivity contribution in [3.05, 3.63) is 125 Å². The van der Waals surface area contributed by atoms with Crippen LogP contribution in [0.1, 0.15) is 57.5 Å². The first-order valence-corrected chi connectivity index (χ1v) is 13.9. The van der Waals surface area contributed by atoms with Crippen LogP contribution in [0.25, 0.3) is 0 Å². The summed E-state index contributed by atoms with van der Waals surface area (Å²) in [6.07, 6.45) is 1.84. The Kier molecular flexibility index (Phi) is 9.58. The number of nitrogens with one attached hydrogen (secondary N) is 1. The quantitative estimate of drug-likeness (QED) is 0.216. The van der Waals surface area contributed by atoms with Gasteiger partial charge in [0.1, 0.15) is 5.75 Å². The van der Waals surface area contributed by atoms with E-state index in [2.05, 4.69) is 10.3 Å². The third kappa shape index (κ3) is 7.58. The number of nitrogens with zero attached hydrogens (tertiary/aromatic N) is 2. The maximum atomic E-state index is 12.5. The normalized spacial score (nSPS) is 19.4. The highest BCUT2D eigenvalue weighted by Crippen LogP contribution is 2.38. The van der Waals surface area contributed by atoms with E-state index < -0.39 is 12.4 Å². The van der Waals surface area contributed by atoms with E-state index in [-0.39, 0.29) is 30.5 Å². The fraction of sp³-hybridized carbons (Fsp3) is 0.273. The van der Waals surface area contributed by atoms with Crippen molar-refractivity contribution >= 4 is 11.6 Å². The first-order chi connectivity index (χ1) is 20.4. The summed E-state index contributed by atoms with van der Waals surface area (Å²) in [5.41, 5.74) is 4.36. The van der Waals surface area contributed by atoms with E-state index in [4.69, 9.17) is 9.47 Å². The fourth-order valence-electron chi connectivity index (χ4n) is 5.01. The number of anilines is 1. The van der Waals surface area contributed by atoms with Gasteiger partial charge in [-0.1, -0.05) is 48.5 Å². The number of phenolic OH excluding ortho intramolecular Hbond substituents is 1. The van der Waals surface area contributed by atoms with Crippen LogP contribution < -0.4 is 5.32 Å². The number of ether oxygens (including phenoxy) is 2. The number of pyridine rings is 1. The van der Waals surface area contributed by atoms with E-state index in [1.807, 2.05) is 60.5 Å². The lowest BCUT2D eigenvalue weighted by atomic mass is 9.99. The number of benzene rings is 3. The van der Waals surface area contributed by atoms with Crippen LogP contribution in [0.15, 0.2) is 97.3 Å². The molecule has 1 saturated heterocycles. The molecule has 9 nitrogen and oxygen atoms in total. The molecule has 0 saturated carbocycles. The van der Waals surface area contributed by atoms with Gasteiger partial charge in [-0.25, -0.2) is 0 Å². The molecule has 2 heterocycles. The van der Waals surface area contributed by atoms with E-state index in [9.17, 15) is 20.1 Å². The number of aliphatic hydroxyl groups excluding tert-OH is 2. The van der Waals surface area contributed by atoms with Crippen molar-refractivity contribution in [2.24, 2.45) is 0 Å². The summed E-state index contributed by atoms with van der Waals surface area (Å²) in [5.74, 6) is -0.133. The number of aliphatic hydroxyl groups is 2. The average molecular weight is 570 g/mol. The molecule has 0 unspecified atom stereocenters. The summed E-state index contributed by atoms with van der Waals surface area (Å²) in [5, 5.41) is 32.9. The van der Waals surface area contributed by atoms with E-state index in [0.717, 1.165) is 16.7 Å². The smallest absolute Gasteiger partial charge is 0.257 e. The molecule has 1 amide bonds. The zero-order valence-corrected chi connectivity index (χ0v) is 23.3. The molecule has 4 atom stereocenters. The summed E-state index contributed by atoms with van der Waals surface area (Å²) >= 11 is 0. The molecule has 3 aromatic carbocycles. The fourth-order valence-corrected chi connectivity index (χ4v) is 5.01. The number of carbonyl (C=O) groups excluding carboxylic acids is 1. The predicted molar refractivity (Wildman–Crippen MR) is 158 cm³/mol. The number of amides is 1. The minimum Gasteiger partial charge on any atom is -0.508 e. The third-order valence-electron chi connectivity index (χ3n) is 7.23. The zero-order valence-electron chi connectivity index (χ0n) is 23.3. The molecule has 1 aromatic heterocycles. The van der Waals surface area contributed by atoms with Gasteiger partial charge in [-0.15, -0.1) is 0 Å². The number of aromatic hydroxyl groups is 1. The van der Waals surface area contributed by atoms with Gasteiger partial charge in [0.25, 0.3) is 5.91 Å². The molecule has 9 heteroatoms. The van der Waals surface area contributed by atoms with Crippen LogP contribution in [0.3, 0.4) is 0 Å². The number of hydrogen-bond donors (Lipinski definition) is 4. The van der Waals surface area contributed by atoms with Gasteiger partial charge in [-0.3, -0.25) is 9.78 Å². The van der Waals surface area contributed by atoms with Crippen LogP contribution in [0.2, 0.25) is 0 Å². The van der Waals surface area contributed by atoms with Crippen molar-refractivity contribution < 1.29 is 29.6 Å². The summed E-state index contributed by atoms with van der Waals surface area (Å²) in [7, 11) is 1.92. The minimum atomic E-state index is -0.769. The van der Waals surface area contributed by atoms with Crippen molar-refractivity contribution in [3.8, 4) is 5.75 Å². The maximum Gasteiger partial charge on any atom is 0.257 e. The second-order valence-electron chi connectivity index (χ2n) is 10.5. The van der Waals surface area contributed by atoms with Crippen LogP contribution in [0.4, 0.5) is 5.69 Å². The SMILES string of the molecule is CN(C[C@@H]1C[C@H](c2ccc(CO)cc2)O[C@H](c2ccc(NC(=O)c3cccnc3)cc2)O1)C[C@@H](O)c1cccc(O)c1. The first kappa shape index (κ1) is 29.4. The Hall–Kier alpha value is -4.12. The van der Waals surface area contributed by atoms with Crippen LogP contribution in [0.5, 0.6) is 5.75 Å². The lowest BCUT2D eigenvalue weighted by molar-refractivity contribution is -0.252. The van der Waals surface area contributed by atoms with Gasteiger partial charge in [0.05, 0.1) is 30.5 Å². The van der Waals surface area contributed by atoms with Crippen molar-refractivity contribution in [2.75, 3.05) is 25.5 Å². The van der Waals surface area contributed by atoms with Crippen LogP contribution in [-0.4, -0.2) is 57.4 Å². The molecule has 0 radical (unpaired) electrons. The molecule has 1 aliphatic rings. The molecule has 0 aliphatic carbocycles. The number of phenols is 1. The molecular weight excluding hydrogens is 534 g/mol. The lowest BCUT2D eigenvalue weighted by Crippen LogP contribution is -2.39. The van der Waals surface area contributed by atoms with Gasteiger partial charge in [0.15, 0.2) is 6.29 Å². The second kappa shape index (κ2) is 13.7. The Balaban J connectivity index is 1.29. The topological polar surface area (TPSA) is 124 Å². The van der Waals surface area contributed by atoms with Crippen molar-refractivity contribution in [3.63, 3.8) is 0 Å². The first-order valence-electron chi connectivity index (χ1n) is 13.9. The highest BCUT2D eigenvalue weighted by molar-refractivity contribution is 6.04. The van der Waals surface area contributed by atoms with Gasteiger partial charge in [0, 0.05) is 43.2 Å². The molecule has 4 aromatic rings. The molecule has 42 heavy (non-hydrogen) atoms. The number of carbonyl (C=O) groups is 1. The molecule has 4 N–H and O–H groups in total. The minimum absolute atomic E-state index is 0.0316. The summed E-state index contributed by atoms with van der Waals surface area (Å²) in [6.45, 7) is 0.867. The molecule has 1 aliphatic heterocycles. The Morgan fingerprint density at radius 2 is 1.79 bits per heavy atom. The summed E-state index contributed by atoms with van der Waals surface area (Å²) in [4.78, 5) is 18.5. The van der Waals surface area contributed by atoms with Crippen LogP contribution >= 0.6 is 0 Å². The number of likely N-dealkylation sites (N-methyl/N-ethyl adjacent to an activating group) is 1. The van der Waals surface area contributed by atoms with Gasteiger partial charge < -0.3 is 35.0 Å². The molecular formula is C33H35N3O6. The van der Waals surface area contributed by atoms with E-state index in [1.165, 1.54) is 6.20 Å². The summed E-state index contributed by atoms with van der Waals surface area (Å²) < 4.78 is 12.8. The number of aromatic nitrogens is 1. The second-order valence-corrected chi connectivity index (χ2v) is 10.5. The number of rotatable bonds is 10. The maximum absolute atomic E-state index is 12.5. The highest BCUT2D eigenvalue weighted by atomic mass is 16.7. The van der Waals surface area contributed by atoms with E-state index >= 15 is 0 Å². The van der Waals surface area contributed by atoms with Gasteiger partial charge in [0.2, 0.25) is 0 Å². The third-order valence-corrected chi connectivity index (χ3v) is 7.23. The van der Waals surface area contributed by atoms with Gasteiger partial charge >= 0.3 is 0 Å². The molecule has 0 spiro atoms. The summed E-state index contributed by atoms with van der Waals surface area (Å²) in [6, 6.07) is 25.1. The van der Waals surface area contributed by atoms with Crippen molar-refractivity contribution in [1.82, 2.24) is 9.88 Å². The highest BCUT2D eigenvalue weighted by Gasteiger charge is 2.33. The molecule has 0 bridgehead atoms. The molecule has 218 valence electrons. The largest absolute Gasteiger partial charge is 0.508 e.